The van der Waals surface area contributed by atoms with Crippen molar-refractivity contribution < 1.29 is 13.2 Å². The average molecular weight is 362 g/mol. The van der Waals surface area contributed by atoms with Crippen LogP contribution < -0.4 is 9.62 Å². The summed E-state index contributed by atoms with van der Waals surface area (Å²) in [5.74, 6) is 0.112. The second-order valence-electron chi connectivity index (χ2n) is 6.75. The van der Waals surface area contributed by atoms with Gasteiger partial charge in [-0.15, -0.1) is 0 Å². The van der Waals surface area contributed by atoms with Crippen LogP contribution in [0.25, 0.3) is 0 Å². The predicted molar refractivity (Wildman–Crippen MR) is 99.0 cm³/mol. The van der Waals surface area contributed by atoms with E-state index >= 15 is 0 Å². The molecule has 0 radical (unpaired) electrons. The van der Waals surface area contributed by atoms with E-state index < -0.39 is 10.0 Å². The van der Waals surface area contributed by atoms with Crippen molar-refractivity contribution in [2.45, 2.75) is 56.3 Å². The second kappa shape index (κ2) is 8.15. The van der Waals surface area contributed by atoms with Crippen molar-refractivity contribution in [3.8, 4) is 0 Å². The Morgan fingerprint density at radius 3 is 2.44 bits per heavy atom. The van der Waals surface area contributed by atoms with Gasteiger partial charge in [0.25, 0.3) is 0 Å². The Labute approximate surface area is 150 Å². The number of rotatable bonds is 6. The summed E-state index contributed by atoms with van der Waals surface area (Å²) in [5.41, 5.74) is 2.13. The van der Waals surface area contributed by atoms with Gasteiger partial charge in [0.2, 0.25) is 15.9 Å². The summed E-state index contributed by atoms with van der Waals surface area (Å²) in [6.07, 6.45) is 10.1. The van der Waals surface area contributed by atoms with Crippen LogP contribution in [0.5, 0.6) is 0 Å². The third kappa shape index (κ3) is 4.70. The number of carbonyl (C=O) groups excluding carboxylic acids is 1. The van der Waals surface area contributed by atoms with Gasteiger partial charge in [-0.3, -0.25) is 4.79 Å². The minimum absolute atomic E-state index is 0.112. The van der Waals surface area contributed by atoms with Crippen molar-refractivity contribution in [1.82, 2.24) is 4.72 Å². The summed E-state index contributed by atoms with van der Waals surface area (Å²) in [7, 11) is -3.50. The van der Waals surface area contributed by atoms with Crippen molar-refractivity contribution >= 4 is 21.6 Å². The standard InChI is InChI=1S/C19H26N2O3S/c22-19-8-4-5-15-21(19)17-9-11-18(12-10-17)25(23,24)20-14-13-16-6-2-1-3-7-16/h6,9-12,20H,1-5,7-8,13-15H2. The van der Waals surface area contributed by atoms with Crippen molar-refractivity contribution in [1.29, 1.82) is 0 Å². The molecule has 0 saturated carbocycles. The largest absolute Gasteiger partial charge is 0.312 e. The molecule has 0 aromatic heterocycles. The summed E-state index contributed by atoms with van der Waals surface area (Å²) in [6, 6.07) is 6.61. The molecule has 2 aliphatic rings. The van der Waals surface area contributed by atoms with Crippen LogP contribution >= 0.6 is 0 Å². The fraction of sp³-hybridized carbons (Fsp3) is 0.526. The van der Waals surface area contributed by atoms with Crippen LogP contribution in [0, 0.1) is 0 Å². The van der Waals surface area contributed by atoms with E-state index in [9.17, 15) is 13.2 Å². The van der Waals surface area contributed by atoms with Crippen molar-refractivity contribution in [2.75, 3.05) is 18.0 Å². The Kier molecular flexibility index (Phi) is 5.91. The lowest BCUT2D eigenvalue weighted by molar-refractivity contribution is -0.119. The summed E-state index contributed by atoms with van der Waals surface area (Å²) >= 11 is 0. The van der Waals surface area contributed by atoms with E-state index in [1.165, 1.54) is 18.4 Å². The topological polar surface area (TPSA) is 66.5 Å². The number of amides is 1. The number of allylic oxidation sites excluding steroid dienone is 1. The lowest BCUT2D eigenvalue weighted by Crippen LogP contribution is -2.35. The van der Waals surface area contributed by atoms with Crippen LogP contribution in [0.3, 0.4) is 0 Å². The van der Waals surface area contributed by atoms with Gasteiger partial charge < -0.3 is 4.90 Å². The Bertz CT molecular complexity index is 738. The molecular formula is C19H26N2O3S. The molecular weight excluding hydrogens is 336 g/mol. The molecule has 1 N–H and O–H groups in total. The number of hydrogen-bond donors (Lipinski definition) is 1. The molecule has 1 fully saturated rings. The van der Waals surface area contributed by atoms with Gasteiger partial charge in [0.1, 0.15) is 0 Å². The van der Waals surface area contributed by atoms with Gasteiger partial charge in [0.05, 0.1) is 4.90 Å². The molecule has 1 saturated heterocycles. The summed E-state index contributed by atoms with van der Waals surface area (Å²) in [6.45, 7) is 1.14. The molecule has 6 heteroatoms. The smallest absolute Gasteiger partial charge is 0.240 e. The van der Waals surface area contributed by atoms with Crippen LogP contribution in [0.4, 0.5) is 5.69 Å². The molecule has 0 atom stereocenters. The van der Waals surface area contributed by atoms with Gasteiger partial charge in [-0.2, -0.15) is 0 Å². The number of nitrogens with one attached hydrogen (secondary N) is 1. The van der Waals surface area contributed by atoms with Gasteiger partial charge >= 0.3 is 0 Å². The SMILES string of the molecule is O=C1CCCCN1c1ccc(S(=O)(=O)NCCC2=CCCCC2)cc1. The van der Waals surface area contributed by atoms with E-state index in [0.29, 0.717) is 19.5 Å². The van der Waals surface area contributed by atoms with Crippen molar-refractivity contribution in [3.05, 3.63) is 35.9 Å². The Morgan fingerprint density at radius 2 is 1.76 bits per heavy atom. The van der Waals surface area contributed by atoms with E-state index in [1.807, 2.05) is 0 Å². The number of piperidine rings is 1. The number of hydrogen-bond acceptors (Lipinski definition) is 3. The fourth-order valence-corrected chi connectivity index (χ4v) is 4.48. The van der Waals surface area contributed by atoms with E-state index in [0.717, 1.165) is 37.8 Å². The van der Waals surface area contributed by atoms with E-state index in [-0.39, 0.29) is 10.8 Å². The Balaban J connectivity index is 1.60. The Hall–Kier alpha value is -1.66. The number of benzene rings is 1. The first kappa shape index (κ1) is 18.1. The minimum atomic E-state index is -3.50. The van der Waals surface area contributed by atoms with Gasteiger partial charge in [0, 0.05) is 25.2 Å². The first-order valence-corrected chi connectivity index (χ1v) is 10.6. The molecule has 136 valence electrons. The number of anilines is 1. The highest BCUT2D eigenvalue weighted by molar-refractivity contribution is 7.89. The Morgan fingerprint density at radius 1 is 1.00 bits per heavy atom. The zero-order chi connectivity index (χ0) is 17.7. The monoisotopic (exact) mass is 362 g/mol. The molecule has 1 amide bonds. The molecule has 25 heavy (non-hydrogen) atoms. The van der Waals surface area contributed by atoms with Crippen LogP contribution in [0.1, 0.15) is 51.4 Å². The normalized spacial score (nSPS) is 19.0. The van der Waals surface area contributed by atoms with Gasteiger partial charge in [0.15, 0.2) is 0 Å². The zero-order valence-electron chi connectivity index (χ0n) is 14.5. The molecule has 1 aliphatic heterocycles. The third-order valence-electron chi connectivity index (χ3n) is 4.91. The van der Waals surface area contributed by atoms with Crippen LogP contribution in [0.15, 0.2) is 40.8 Å². The number of sulfonamides is 1. The molecule has 3 rings (SSSR count). The summed E-state index contributed by atoms with van der Waals surface area (Å²) in [4.78, 5) is 13.9. The first-order chi connectivity index (χ1) is 12.1. The van der Waals surface area contributed by atoms with Gasteiger partial charge in [-0.25, -0.2) is 13.1 Å². The van der Waals surface area contributed by atoms with Crippen LogP contribution in [-0.2, 0) is 14.8 Å². The second-order valence-corrected chi connectivity index (χ2v) is 8.52. The number of nitrogens with zero attached hydrogens (tertiary/aromatic N) is 1. The maximum atomic E-state index is 12.4. The maximum Gasteiger partial charge on any atom is 0.240 e. The average Bonchev–Trinajstić information content (AvgIpc) is 2.63. The predicted octanol–water partition coefficient (Wildman–Crippen LogP) is 3.37. The third-order valence-corrected chi connectivity index (χ3v) is 6.38. The fourth-order valence-electron chi connectivity index (χ4n) is 3.45. The molecule has 1 aromatic carbocycles. The molecule has 0 bridgehead atoms. The number of carbonyl (C=O) groups is 1. The molecule has 5 nitrogen and oxygen atoms in total. The lowest BCUT2D eigenvalue weighted by Gasteiger charge is -2.26. The van der Waals surface area contributed by atoms with E-state index in [4.69, 9.17) is 0 Å². The molecule has 0 spiro atoms. The van der Waals surface area contributed by atoms with E-state index in [2.05, 4.69) is 10.8 Å². The van der Waals surface area contributed by atoms with Crippen molar-refractivity contribution in [2.24, 2.45) is 0 Å². The zero-order valence-corrected chi connectivity index (χ0v) is 15.4. The highest BCUT2D eigenvalue weighted by atomic mass is 32.2. The molecule has 1 aliphatic carbocycles. The molecule has 1 heterocycles. The molecule has 0 unspecified atom stereocenters. The highest BCUT2D eigenvalue weighted by Gasteiger charge is 2.20. The summed E-state index contributed by atoms with van der Waals surface area (Å²) < 4.78 is 27.5. The molecule has 1 aromatic rings. The van der Waals surface area contributed by atoms with Crippen LogP contribution in [0.2, 0.25) is 0 Å². The van der Waals surface area contributed by atoms with Crippen molar-refractivity contribution in [3.63, 3.8) is 0 Å². The van der Waals surface area contributed by atoms with E-state index in [1.54, 1.807) is 29.2 Å². The lowest BCUT2D eigenvalue weighted by atomic mass is 9.97. The van der Waals surface area contributed by atoms with Crippen LogP contribution in [-0.4, -0.2) is 27.4 Å². The highest BCUT2D eigenvalue weighted by Crippen LogP contribution is 2.23. The summed E-state index contributed by atoms with van der Waals surface area (Å²) in [5, 5.41) is 0. The van der Waals surface area contributed by atoms with Gasteiger partial charge in [-0.1, -0.05) is 11.6 Å². The maximum absolute atomic E-state index is 12.4. The first-order valence-electron chi connectivity index (χ1n) is 9.14. The van der Waals surface area contributed by atoms with Gasteiger partial charge in [-0.05, 0) is 69.2 Å². The quantitative estimate of drug-likeness (QED) is 0.789. The minimum Gasteiger partial charge on any atom is -0.312 e.